The lowest BCUT2D eigenvalue weighted by molar-refractivity contribution is -0.154. The fourth-order valence-electron chi connectivity index (χ4n) is 5.14. The first-order valence-corrected chi connectivity index (χ1v) is 13.1. The van der Waals surface area contributed by atoms with Gasteiger partial charge in [-0.05, 0) is 68.7 Å². The van der Waals surface area contributed by atoms with E-state index in [1.807, 2.05) is 37.8 Å². The lowest BCUT2D eigenvalue weighted by Crippen LogP contribution is -2.38. The highest BCUT2D eigenvalue weighted by atomic mass is 16.7. The van der Waals surface area contributed by atoms with Gasteiger partial charge in [0.2, 0.25) is 12.7 Å². The summed E-state index contributed by atoms with van der Waals surface area (Å²) in [4.78, 5) is 39.3. The van der Waals surface area contributed by atoms with E-state index in [9.17, 15) is 14.4 Å². The topological polar surface area (TPSA) is 95.3 Å². The molecule has 0 atom stereocenters. The van der Waals surface area contributed by atoms with Crippen LogP contribution in [0.4, 0.5) is 0 Å². The first kappa shape index (κ1) is 25.8. The third-order valence-electron chi connectivity index (χ3n) is 6.97. The first-order chi connectivity index (χ1) is 18.1. The highest BCUT2D eigenvalue weighted by Crippen LogP contribution is 2.37. The molecule has 5 rings (SSSR count). The van der Waals surface area contributed by atoms with E-state index >= 15 is 0 Å². The number of piperidine rings is 1. The lowest BCUT2D eigenvalue weighted by atomic mass is 9.88. The van der Waals surface area contributed by atoms with E-state index in [1.165, 1.54) is 11.6 Å². The number of carbonyl (C=O) groups excluding carboxylic acids is 2. The molecule has 2 aliphatic heterocycles. The number of hydrogen-bond acceptors (Lipinski definition) is 7. The summed E-state index contributed by atoms with van der Waals surface area (Å²) in [6, 6.07) is 13.2. The predicted molar refractivity (Wildman–Crippen MR) is 141 cm³/mol. The summed E-state index contributed by atoms with van der Waals surface area (Å²) >= 11 is 0. The van der Waals surface area contributed by atoms with E-state index in [-0.39, 0.29) is 25.1 Å². The van der Waals surface area contributed by atoms with Crippen LogP contribution in [0.1, 0.15) is 62.6 Å². The van der Waals surface area contributed by atoms with E-state index in [4.69, 9.17) is 18.6 Å². The Hall–Kier alpha value is -3.81. The minimum atomic E-state index is -0.496. The van der Waals surface area contributed by atoms with Crippen molar-refractivity contribution in [2.45, 2.75) is 64.4 Å². The van der Waals surface area contributed by atoms with Crippen molar-refractivity contribution in [1.82, 2.24) is 4.90 Å². The second-order valence-corrected chi connectivity index (χ2v) is 11.0. The molecule has 0 aliphatic carbocycles. The smallest absolute Gasteiger partial charge is 0.336 e. The van der Waals surface area contributed by atoms with Crippen molar-refractivity contribution in [3.8, 4) is 11.5 Å². The third kappa shape index (κ3) is 6.01. The summed E-state index contributed by atoms with van der Waals surface area (Å²) in [7, 11) is 0. The number of ether oxygens (including phenoxy) is 3. The summed E-state index contributed by atoms with van der Waals surface area (Å²) in [6.45, 7) is 7.03. The van der Waals surface area contributed by atoms with Gasteiger partial charge < -0.3 is 23.5 Å². The summed E-state index contributed by atoms with van der Waals surface area (Å²) in [5, 5.41) is 0.681. The maximum absolute atomic E-state index is 13.2. The molecule has 0 bridgehead atoms. The van der Waals surface area contributed by atoms with Crippen LogP contribution in [0.15, 0.2) is 51.7 Å². The Bertz CT molecular complexity index is 1410. The molecule has 1 aromatic heterocycles. The Balaban J connectivity index is 1.20. The number of aryl methyl sites for hydroxylation is 1. The molecule has 1 fully saturated rings. The van der Waals surface area contributed by atoms with Gasteiger partial charge in [-0.1, -0.05) is 24.3 Å². The predicted octanol–water partition coefficient (Wildman–Crippen LogP) is 4.74. The molecular weight excluding hydrogens is 486 g/mol. The Labute approximate surface area is 221 Å². The van der Waals surface area contributed by atoms with Gasteiger partial charge in [0.15, 0.2) is 11.5 Å². The van der Waals surface area contributed by atoms with Gasteiger partial charge in [-0.3, -0.25) is 9.59 Å². The molecule has 3 aromatic rings. The number of fused-ring (bicyclic) bond motifs is 2. The quantitative estimate of drug-likeness (QED) is 0.343. The van der Waals surface area contributed by atoms with Crippen LogP contribution < -0.4 is 15.1 Å². The maximum Gasteiger partial charge on any atom is 0.336 e. The van der Waals surface area contributed by atoms with Crippen molar-refractivity contribution in [1.29, 1.82) is 0 Å². The number of benzene rings is 2. The van der Waals surface area contributed by atoms with E-state index in [1.54, 1.807) is 12.1 Å². The average Bonchev–Trinajstić information content (AvgIpc) is 3.33. The van der Waals surface area contributed by atoms with Gasteiger partial charge in [-0.25, -0.2) is 4.79 Å². The number of amides is 1. The van der Waals surface area contributed by atoms with Crippen LogP contribution in [0.3, 0.4) is 0 Å². The van der Waals surface area contributed by atoms with Crippen molar-refractivity contribution in [3.63, 3.8) is 0 Å². The van der Waals surface area contributed by atoms with Crippen molar-refractivity contribution in [2.24, 2.45) is 0 Å². The van der Waals surface area contributed by atoms with E-state index in [0.29, 0.717) is 59.9 Å². The molecule has 0 spiro atoms. The van der Waals surface area contributed by atoms with Crippen molar-refractivity contribution >= 4 is 22.8 Å². The van der Waals surface area contributed by atoms with Gasteiger partial charge >= 0.3 is 11.6 Å². The minimum absolute atomic E-state index is 0.0147. The fraction of sp³-hybridized carbons (Fsp3) is 0.433. The van der Waals surface area contributed by atoms with Gasteiger partial charge in [0.1, 0.15) is 11.2 Å². The second kappa shape index (κ2) is 10.5. The number of hydrogen-bond donors (Lipinski definition) is 0. The molecule has 0 saturated carbocycles. The van der Waals surface area contributed by atoms with Crippen LogP contribution in [-0.2, 0) is 27.2 Å². The SMILES string of the molecule is CC(C)(C)OC(=O)CCc1cccc(C2CCN(C(=O)Cc3cc(=O)oc4cc5c(cc34)OCO5)CC2)c1. The molecule has 0 unspecified atom stereocenters. The molecule has 200 valence electrons. The molecule has 1 amide bonds. The Morgan fingerprint density at radius 1 is 1.03 bits per heavy atom. The lowest BCUT2D eigenvalue weighted by Gasteiger charge is -2.32. The average molecular weight is 520 g/mol. The molecule has 38 heavy (non-hydrogen) atoms. The number of nitrogens with zero attached hydrogens (tertiary/aromatic N) is 1. The number of carbonyl (C=O) groups is 2. The second-order valence-electron chi connectivity index (χ2n) is 11.0. The molecule has 2 aliphatic rings. The maximum atomic E-state index is 13.2. The zero-order chi connectivity index (χ0) is 26.9. The van der Waals surface area contributed by atoms with E-state index < -0.39 is 11.2 Å². The highest BCUT2D eigenvalue weighted by molar-refractivity contribution is 5.89. The molecule has 3 heterocycles. The van der Waals surface area contributed by atoms with E-state index in [0.717, 1.165) is 18.4 Å². The van der Waals surface area contributed by atoms with Crippen molar-refractivity contribution < 1.29 is 28.2 Å². The van der Waals surface area contributed by atoms with Gasteiger partial charge in [0.05, 0.1) is 6.42 Å². The molecule has 8 heteroatoms. The zero-order valence-corrected chi connectivity index (χ0v) is 22.1. The van der Waals surface area contributed by atoms with Crippen LogP contribution in [0.5, 0.6) is 11.5 Å². The van der Waals surface area contributed by atoms with Crippen LogP contribution in [-0.4, -0.2) is 42.3 Å². The highest BCUT2D eigenvalue weighted by Gasteiger charge is 2.26. The van der Waals surface area contributed by atoms with Gasteiger partial charge in [0.25, 0.3) is 0 Å². The molecule has 0 N–H and O–H groups in total. The van der Waals surface area contributed by atoms with Crippen LogP contribution >= 0.6 is 0 Å². The van der Waals surface area contributed by atoms with Crippen LogP contribution in [0.2, 0.25) is 0 Å². The largest absolute Gasteiger partial charge is 0.460 e. The normalized spacial score (nSPS) is 15.6. The van der Waals surface area contributed by atoms with Crippen LogP contribution in [0, 0.1) is 0 Å². The number of likely N-dealkylation sites (tertiary alicyclic amines) is 1. The molecular formula is C30H33NO7. The summed E-state index contributed by atoms with van der Waals surface area (Å²) in [5.74, 6) is 1.25. The monoisotopic (exact) mass is 519 g/mol. The van der Waals surface area contributed by atoms with Gasteiger partial charge in [-0.2, -0.15) is 0 Å². The van der Waals surface area contributed by atoms with E-state index in [2.05, 4.69) is 12.1 Å². The molecule has 2 aromatic carbocycles. The minimum Gasteiger partial charge on any atom is -0.460 e. The number of rotatable bonds is 6. The molecule has 0 radical (unpaired) electrons. The van der Waals surface area contributed by atoms with Crippen molar-refractivity contribution in [2.75, 3.05) is 19.9 Å². The Kier molecular flexibility index (Phi) is 7.15. The summed E-state index contributed by atoms with van der Waals surface area (Å²) < 4.78 is 21.6. The first-order valence-electron chi connectivity index (χ1n) is 13.1. The molecule has 8 nitrogen and oxygen atoms in total. The third-order valence-corrected chi connectivity index (χ3v) is 6.97. The fourth-order valence-corrected chi connectivity index (χ4v) is 5.14. The van der Waals surface area contributed by atoms with Crippen molar-refractivity contribution in [3.05, 3.63) is 69.6 Å². The van der Waals surface area contributed by atoms with Crippen LogP contribution in [0.25, 0.3) is 11.0 Å². The summed E-state index contributed by atoms with van der Waals surface area (Å²) in [6.07, 6.45) is 2.82. The standard InChI is InChI=1S/C30H33NO7/c1-30(2,3)38-28(33)8-7-19-5-4-6-21(13-19)20-9-11-31(12-10-20)27(32)14-22-15-29(34)37-24-17-26-25(16-23(22)24)35-18-36-26/h4-6,13,15-17,20H,7-12,14,18H2,1-3H3. The van der Waals surface area contributed by atoms with Gasteiger partial charge in [0, 0.05) is 37.0 Å². The number of esters is 1. The zero-order valence-electron chi connectivity index (χ0n) is 22.1. The molecule has 1 saturated heterocycles. The Morgan fingerprint density at radius 3 is 2.50 bits per heavy atom. The summed E-state index contributed by atoms with van der Waals surface area (Å²) in [5.41, 5.74) is 2.39. The van der Waals surface area contributed by atoms with Gasteiger partial charge in [-0.15, -0.1) is 0 Å². The Morgan fingerprint density at radius 2 is 1.76 bits per heavy atom.